The maximum absolute atomic E-state index is 5.76. The first-order valence-electron chi connectivity index (χ1n) is 4.01. The van der Waals surface area contributed by atoms with Crippen LogP contribution >= 0.6 is 0 Å². The van der Waals surface area contributed by atoms with Gasteiger partial charge in [-0.15, -0.1) is 0 Å². The molecule has 0 aliphatic carbocycles. The highest BCUT2D eigenvalue weighted by molar-refractivity contribution is 5.81. The standard InChI is InChI=1S/C10H11NO/c1-7(11)9-6-12-10-5-3-2-4-8(9)10/h2-7H,11H2,1H3/t7-/m0/s1. The zero-order chi connectivity index (χ0) is 8.55. The lowest BCUT2D eigenvalue weighted by atomic mass is 10.1. The van der Waals surface area contributed by atoms with Crippen LogP contribution in [0.5, 0.6) is 0 Å². The molecule has 0 radical (unpaired) electrons. The molecule has 1 heterocycles. The predicted octanol–water partition coefficient (Wildman–Crippen LogP) is 2.45. The van der Waals surface area contributed by atoms with Gasteiger partial charge in [0.2, 0.25) is 0 Å². The molecule has 2 heteroatoms. The third kappa shape index (κ3) is 1.01. The third-order valence-corrected chi connectivity index (χ3v) is 2.00. The lowest BCUT2D eigenvalue weighted by Gasteiger charge is -1.99. The van der Waals surface area contributed by atoms with Gasteiger partial charge in [-0.1, -0.05) is 18.2 Å². The van der Waals surface area contributed by atoms with Crippen LogP contribution < -0.4 is 5.73 Å². The second-order valence-corrected chi connectivity index (χ2v) is 2.98. The van der Waals surface area contributed by atoms with E-state index in [1.54, 1.807) is 6.26 Å². The Hall–Kier alpha value is -1.28. The van der Waals surface area contributed by atoms with E-state index in [-0.39, 0.29) is 6.04 Å². The van der Waals surface area contributed by atoms with E-state index in [9.17, 15) is 0 Å². The van der Waals surface area contributed by atoms with Gasteiger partial charge >= 0.3 is 0 Å². The van der Waals surface area contributed by atoms with Crippen molar-refractivity contribution < 1.29 is 4.42 Å². The highest BCUT2D eigenvalue weighted by atomic mass is 16.3. The molecule has 2 rings (SSSR count). The average molecular weight is 161 g/mol. The maximum atomic E-state index is 5.76. The Kier molecular flexibility index (Phi) is 1.62. The largest absolute Gasteiger partial charge is 0.464 e. The van der Waals surface area contributed by atoms with Gasteiger partial charge < -0.3 is 10.2 Å². The zero-order valence-electron chi connectivity index (χ0n) is 6.95. The molecule has 0 amide bonds. The maximum Gasteiger partial charge on any atom is 0.134 e. The summed E-state index contributed by atoms with van der Waals surface area (Å²) in [5.74, 6) is 0. The third-order valence-electron chi connectivity index (χ3n) is 2.00. The molecule has 0 bridgehead atoms. The van der Waals surface area contributed by atoms with Crippen molar-refractivity contribution in [3.8, 4) is 0 Å². The van der Waals surface area contributed by atoms with E-state index in [2.05, 4.69) is 0 Å². The fourth-order valence-electron chi connectivity index (χ4n) is 1.35. The van der Waals surface area contributed by atoms with Crippen molar-refractivity contribution in [3.05, 3.63) is 36.1 Å². The Morgan fingerprint density at radius 1 is 1.33 bits per heavy atom. The van der Waals surface area contributed by atoms with Gasteiger partial charge in [-0.05, 0) is 13.0 Å². The number of benzene rings is 1. The van der Waals surface area contributed by atoms with Crippen molar-refractivity contribution in [3.63, 3.8) is 0 Å². The number of furan rings is 1. The van der Waals surface area contributed by atoms with Crippen molar-refractivity contribution in [2.75, 3.05) is 0 Å². The van der Waals surface area contributed by atoms with Gasteiger partial charge in [0.15, 0.2) is 0 Å². The van der Waals surface area contributed by atoms with E-state index in [4.69, 9.17) is 10.2 Å². The van der Waals surface area contributed by atoms with Gasteiger partial charge in [0.05, 0.1) is 6.26 Å². The highest BCUT2D eigenvalue weighted by Crippen LogP contribution is 2.24. The number of nitrogens with two attached hydrogens (primary N) is 1. The Labute approximate surface area is 71.0 Å². The number of hydrogen-bond acceptors (Lipinski definition) is 2. The second-order valence-electron chi connectivity index (χ2n) is 2.98. The summed E-state index contributed by atoms with van der Waals surface area (Å²) < 4.78 is 5.33. The van der Waals surface area contributed by atoms with Gasteiger partial charge in [-0.25, -0.2) is 0 Å². The Balaban J connectivity index is 2.70. The fourth-order valence-corrected chi connectivity index (χ4v) is 1.35. The molecule has 2 N–H and O–H groups in total. The summed E-state index contributed by atoms with van der Waals surface area (Å²) in [6.07, 6.45) is 1.73. The summed E-state index contributed by atoms with van der Waals surface area (Å²) in [5, 5.41) is 1.12. The molecule has 0 unspecified atom stereocenters. The summed E-state index contributed by atoms with van der Waals surface area (Å²) in [6.45, 7) is 1.96. The Bertz CT molecular complexity index is 389. The molecule has 0 aliphatic rings. The first-order chi connectivity index (χ1) is 5.79. The minimum absolute atomic E-state index is 0.0358. The summed E-state index contributed by atoms with van der Waals surface area (Å²) in [4.78, 5) is 0. The number of hydrogen-bond donors (Lipinski definition) is 1. The molecule has 0 saturated heterocycles. The van der Waals surface area contributed by atoms with E-state index in [1.807, 2.05) is 31.2 Å². The quantitative estimate of drug-likeness (QED) is 0.697. The van der Waals surface area contributed by atoms with Crippen LogP contribution in [0.15, 0.2) is 34.9 Å². The molecule has 2 nitrogen and oxygen atoms in total. The first kappa shape index (κ1) is 7.37. The molecule has 62 valence electrons. The SMILES string of the molecule is C[C@H](N)c1coc2ccccc12. The molecule has 2 aromatic rings. The molecule has 0 fully saturated rings. The van der Waals surface area contributed by atoms with E-state index in [1.165, 1.54) is 0 Å². The molecular formula is C10H11NO. The lowest BCUT2D eigenvalue weighted by Crippen LogP contribution is -2.03. The lowest BCUT2D eigenvalue weighted by molar-refractivity contribution is 0.605. The molecule has 0 spiro atoms. The van der Waals surface area contributed by atoms with Crippen molar-refractivity contribution in [1.82, 2.24) is 0 Å². The van der Waals surface area contributed by atoms with Gasteiger partial charge in [0, 0.05) is 17.0 Å². The van der Waals surface area contributed by atoms with Crippen LogP contribution in [0.2, 0.25) is 0 Å². The van der Waals surface area contributed by atoms with E-state index < -0.39 is 0 Å². The van der Waals surface area contributed by atoms with Crippen molar-refractivity contribution in [2.24, 2.45) is 5.73 Å². The Morgan fingerprint density at radius 3 is 2.83 bits per heavy atom. The highest BCUT2D eigenvalue weighted by Gasteiger charge is 2.07. The molecular weight excluding hydrogens is 150 g/mol. The average Bonchev–Trinajstić information content (AvgIpc) is 2.47. The summed E-state index contributed by atoms with van der Waals surface area (Å²) in [7, 11) is 0. The van der Waals surface area contributed by atoms with Crippen LogP contribution in [0.3, 0.4) is 0 Å². The topological polar surface area (TPSA) is 39.2 Å². The van der Waals surface area contributed by atoms with Crippen LogP contribution in [0.25, 0.3) is 11.0 Å². The van der Waals surface area contributed by atoms with Crippen LogP contribution in [0, 0.1) is 0 Å². The second kappa shape index (κ2) is 2.64. The molecule has 12 heavy (non-hydrogen) atoms. The first-order valence-corrected chi connectivity index (χ1v) is 4.01. The number of para-hydroxylation sites is 1. The summed E-state index contributed by atoms with van der Waals surface area (Å²) in [6, 6.07) is 7.95. The predicted molar refractivity (Wildman–Crippen MR) is 48.8 cm³/mol. The normalized spacial score (nSPS) is 13.5. The van der Waals surface area contributed by atoms with E-state index in [0.29, 0.717) is 0 Å². The smallest absolute Gasteiger partial charge is 0.134 e. The number of rotatable bonds is 1. The number of fused-ring (bicyclic) bond motifs is 1. The fraction of sp³-hybridized carbons (Fsp3) is 0.200. The van der Waals surface area contributed by atoms with Crippen LogP contribution in [0.1, 0.15) is 18.5 Å². The van der Waals surface area contributed by atoms with Gasteiger partial charge in [0.25, 0.3) is 0 Å². The Morgan fingerprint density at radius 2 is 2.08 bits per heavy atom. The van der Waals surface area contributed by atoms with Gasteiger partial charge in [-0.2, -0.15) is 0 Å². The van der Waals surface area contributed by atoms with Crippen molar-refractivity contribution >= 4 is 11.0 Å². The molecule has 0 aliphatic heterocycles. The zero-order valence-corrected chi connectivity index (χ0v) is 6.95. The van der Waals surface area contributed by atoms with E-state index in [0.717, 1.165) is 16.5 Å². The molecule has 1 aromatic heterocycles. The molecule has 1 atom stereocenters. The van der Waals surface area contributed by atoms with Crippen molar-refractivity contribution in [1.29, 1.82) is 0 Å². The van der Waals surface area contributed by atoms with Gasteiger partial charge in [-0.3, -0.25) is 0 Å². The summed E-state index contributed by atoms with van der Waals surface area (Å²) in [5.41, 5.74) is 7.75. The minimum atomic E-state index is 0.0358. The van der Waals surface area contributed by atoms with E-state index >= 15 is 0 Å². The van der Waals surface area contributed by atoms with Crippen LogP contribution in [-0.4, -0.2) is 0 Å². The van der Waals surface area contributed by atoms with Gasteiger partial charge in [0.1, 0.15) is 5.58 Å². The molecule has 1 aromatic carbocycles. The molecule has 0 saturated carbocycles. The van der Waals surface area contributed by atoms with Crippen LogP contribution in [0.4, 0.5) is 0 Å². The van der Waals surface area contributed by atoms with Crippen LogP contribution in [-0.2, 0) is 0 Å². The minimum Gasteiger partial charge on any atom is -0.464 e. The monoisotopic (exact) mass is 161 g/mol. The van der Waals surface area contributed by atoms with Crippen molar-refractivity contribution in [2.45, 2.75) is 13.0 Å². The summed E-state index contributed by atoms with van der Waals surface area (Å²) >= 11 is 0.